The minimum atomic E-state index is -1.16. The van der Waals surface area contributed by atoms with E-state index in [4.69, 9.17) is 16.2 Å². The summed E-state index contributed by atoms with van der Waals surface area (Å²) in [5.41, 5.74) is 12.3. The van der Waals surface area contributed by atoms with E-state index in [-0.39, 0.29) is 30.7 Å². The number of carbonyl (C=O) groups is 2. The van der Waals surface area contributed by atoms with E-state index in [1.54, 1.807) is 0 Å². The number of para-hydroxylation sites is 1. The average Bonchev–Trinajstić information content (AvgIpc) is 2.53. The highest BCUT2D eigenvalue weighted by Crippen LogP contribution is 2.34. The number of ether oxygens (including phenoxy) is 1. The van der Waals surface area contributed by atoms with Gasteiger partial charge in [-0.15, -0.1) is 0 Å². The topological polar surface area (TPSA) is 107 Å². The van der Waals surface area contributed by atoms with Crippen LogP contribution < -0.4 is 21.5 Å². The first kappa shape index (κ1) is 22.0. The van der Waals surface area contributed by atoms with Crippen LogP contribution >= 0.6 is 0 Å². The molecular weight excluding hydrogens is 330 g/mol. The van der Waals surface area contributed by atoms with Gasteiger partial charge in [-0.3, -0.25) is 4.79 Å². The fourth-order valence-electron chi connectivity index (χ4n) is 2.80. The molecule has 1 rings (SSSR count). The van der Waals surface area contributed by atoms with Gasteiger partial charge in [-0.2, -0.15) is 0 Å². The third-order valence-electron chi connectivity index (χ3n) is 4.81. The standard InChI is InChI=1S/C20H33N3O3/c1-12(2)15-8-7-9-16(13(3)4)17(15)26-19(25)23-11-10-20(22,14(5)6)18(21)24/h7-9,12-14H,10-11,22H2,1-6H3,(H2,21,24)(H,23,25)/t20-/m0/s1. The summed E-state index contributed by atoms with van der Waals surface area (Å²) in [5, 5.41) is 2.68. The number of hydrogen-bond acceptors (Lipinski definition) is 4. The molecule has 26 heavy (non-hydrogen) atoms. The van der Waals surface area contributed by atoms with Gasteiger partial charge in [-0.25, -0.2) is 4.79 Å². The Morgan fingerprint density at radius 3 is 1.96 bits per heavy atom. The first-order valence-electron chi connectivity index (χ1n) is 9.18. The molecule has 0 fully saturated rings. The summed E-state index contributed by atoms with van der Waals surface area (Å²) in [4.78, 5) is 23.9. The van der Waals surface area contributed by atoms with Crippen LogP contribution in [0.3, 0.4) is 0 Å². The minimum absolute atomic E-state index is 0.132. The molecule has 0 saturated heterocycles. The Hall–Kier alpha value is -2.08. The van der Waals surface area contributed by atoms with Crippen molar-refractivity contribution < 1.29 is 14.3 Å². The molecule has 146 valence electrons. The second kappa shape index (κ2) is 9.03. The van der Waals surface area contributed by atoms with Gasteiger partial charge in [-0.05, 0) is 35.3 Å². The van der Waals surface area contributed by atoms with Crippen LogP contribution in [0.15, 0.2) is 18.2 Å². The van der Waals surface area contributed by atoms with Crippen LogP contribution in [-0.4, -0.2) is 24.1 Å². The van der Waals surface area contributed by atoms with E-state index in [0.717, 1.165) is 11.1 Å². The third-order valence-corrected chi connectivity index (χ3v) is 4.81. The number of hydrogen-bond donors (Lipinski definition) is 3. The van der Waals surface area contributed by atoms with Gasteiger partial charge in [0, 0.05) is 6.54 Å². The Morgan fingerprint density at radius 2 is 1.58 bits per heavy atom. The molecular formula is C20H33N3O3. The van der Waals surface area contributed by atoms with Gasteiger partial charge >= 0.3 is 6.09 Å². The second-order valence-corrected chi connectivity index (χ2v) is 7.70. The van der Waals surface area contributed by atoms with Crippen molar-refractivity contribution in [3.63, 3.8) is 0 Å². The predicted molar refractivity (Wildman–Crippen MR) is 104 cm³/mol. The minimum Gasteiger partial charge on any atom is -0.410 e. The molecule has 0 aliphatic carbocycles. The van der Waals surface area contributed by atoms with E-state index in [9.17, 15) is 9.59 Å². The van der Waals surface area contributed by atoms with Crippen LogP contribution in [-0.2, 0) is 4.79 Å². The molecule has 0 aliphatic heterocycles. The fourth-order valence-corrected chi connectivity index (χ4v) is 2.80. The molecule has 1 aromatic carbocycles. The summed E-state index contributed by atoms with van der Waals surface area (Å²) in [7, 11) is 0. The summed E-state index contributed by atoms with van der Waals surface area (Å²) >= 11 is 0. The van der Waals surface area contributed by atoms with E-state index in [2.05, 4.69) is 33.0 Å². The summed E-state index contributed by atoms with van der Waals surface area (Å²) in [6.07, 6.45) is -0.312. The monoisotopic (exact) mass is 363 g/mol. The smallest absolute Gasteiger partial charge is 0.410 e. The lowest BCUT2D eigenvalue weighted by Gasteiger charge is -2.30. The van der Waals surface area contributed by atoms with Gasteiger partial charge in [0.25, 0.3) is 0 Å². The van der Waals surface area contributed by atoms with Crippen molar-refractivity contribution in [2.75, 3.05) is 6.54 Å². The van der Waals surface area contributed by atoms with E-state index in [1.165, 1.54) is 0 Å². The van der Waals surface area contributed by atoms with Gasteiger partial charge in [-0.1, -0.05) is 59.7 Å². The largest absolute Gasteiger partial charge is 0.412 e. The quantitative estimate of drug-likeness (QED) is 0.659. The van der Waals surface area contributed by atoms with Crippen LogP contribution in [0.1, 0.15) is 70.9 Å². The van der Waals surface area contributed by atoms with Crippen molar-refractivity contribution in [1.82, 2.24) is 5.32 Å². The Balaban J connectivity index is 2.85. The molecule has 0 aliphatic rings. The highest BCUT2D eigenvalue weighted by atomic mass is 16.6. The lowest BCUT2D eigenvalue weighted by Crippen LogP contribution is -2.57. The van der Waals surface area contributed by atoms with E-state index in [1.807, 2.05) is 32.0 Å². The zero-order valence-corrected chi connectivity index (χ0v) is 16.8. The summed E-state index contributed by atoms with van der Waals surface area (Å²) in [5.74, 6) is 0.350. The third kappa shape index (κ3) is 5.21. The highest BCUT2D eigenvalue weighted by Gasteiger charge is 2.35. The van der Waals surface area contributed by atoms with Gasteiger partial charge in [0.1, 0.15) is 5.75 Å². The van der Waals surface area contributed by atoms with Gasteiger partial charge in [0.2, 0.25) is 5.91 Å². The lowest BCUT2D eigenvalue weighted by atomic mass is 9.83. The molecule has 5 N–H and O–H groups in total. The molecule has 0 bridgehead atoms. The fraction of sp³-hybridized carbons (Fsp3) is 0.600. The van der Waals surface area contributed by atoms with Crippen molar-refractivity contribution in [2.24, 2.45) is 17.4 Å². The SMILES string of the molecule is CC(C)c1cccc(C(C)C)c1OC(=O)NCC[C@@](N)(C(N)=O)C(C)C. The van der Waals surface area contributed by atoms with Crippen molar-refractivity contribution >= 4 is 12.0 Å². The van der Waals surface area contributed by atoms with Crippen LogP contribution in [0.2, 0.25) is 0 Å². The van der Waals surface area contributed by atoms with E-state index < -0.39 is 17.5 Å². The Bertz CT molecular complexity index is 615. The summed E-state index contributed by atoms with van der Waals surface area (Å²) in [6.45, 7) is 12.1. The van der Waals surface area contributed by atoms with Crippen molar-refractivity contribution in [2.45, 2.75) is 65.3 Å². The van der Waals surface area contributed by atoms with Crippen molar-refractivity contribution in [3.8, 4) is 5.75 Å². The molecule has 0 saturated carbocycles. The Kier molecular flexibility index (Phi) is 7.63. The van der Waals surface area contributed by atoms with Crippen LogP contribution in [0.5, 0.6) is 5.75 Å². The van der Waals surface area contributed by atoms with E-state index >= 15 is 0 Å². The normalized spacial score (nSPS) is 13.8. The second-order valence-electron chi connectivity index (χ2n) is 7.70. The first-order valence-corrected chi connectivity index (χ1v) is 9.18. The maximum atomic E-state index is 12.3. The van der Waals surface area contributed by atoms with Gasteiger partial charge in [0.05, 0.1) is 5.54 Å². The van der Waals surface area contributed by atoms with Gasteiger partial charge in [0.15, 0.2) is 0 Å². The van der Waals surface area contributed by atoms with Crippen LogP contribution in [0.25, 0.3) is 0 Å². The summed E-state index contributed by atoms with van der Waals surface area (Å²) in [6, 6.07) is 5.92. The first-order chi connectivity index (χ1) is 12.0. The molecule has 0 heterocycles. The molecule has 2 amide bonds. The predicted octanol–water partition coefficient (Wildman–Crippen LogP) is 3.25. The van der Waals surface area contributed by atoms with Crippen molar-refractivity contribution in [1.29, 1.82) is 0 Å². The maximum absolute atomic E-state index is 12.3. The lowest BCUT2D eigenvalue weighted by molar-refractivity contribution is -0.124. The molecule has 0 spiro atoms. The van der Waals surface area contributed by atoms with Crippen LogP contribution in [0.4, 0.5) is 4.79 Å². The van der Waals surface area contributed by atoms with Gasteiger partial charge < -0.3 is 21.5 Å². The molecule has 0 aromatic heterocycles. The number of rotatable bonds is 8. The molecule has 1 aromatic rings. The van der Waals surface area contributed by atoms with Crippen molar-refractivity contribution in [3.05, 3.63) is 29.3 Å². The zero-order chi connectivity index (χ0) is 20.1. The van der Waals surface area contributed by atoms with E-state index in [0.29, 0.717) is 5.75 Å². The molecule has 1 atom stereocenters. The zero-order valence-electron chi connectivity index (χ0n) is 16.8. The molecule has 0 radical (unpaired) electrons. The maximum Gasteiger partial charge on any atom is 0.412 e. The van der Waals surface area contributed by atoms with Crippen LogP contribution in [0, 0.1) is 5.92 Å². The summed E-state index contributed by atoms with van der Waals surface area (Å²) < 4.78 is 5.63. The number of carbonyl (C=O) groups excluding carboxylic acids is 2. The number of primary amides is 1. The Morgan fingerprint density at radius 1 is 1.08 bits per heavy atom. The number of nitrogens with one attached hydrogen (secondary N) is 1. The number of amides is 2. The molecule has 6 heteroatoms. The highest BCUT2D eigenvalue weighted by molar-refractivity contribution is 5.84. The number of nitrogens with two attached hydrogens (primary N) is 2. The molecule has 0 unspecified atom stereocenters. The number of benzene rings is 1. The molecule has 6 nitrogen and oxygen atoms in total. The Labute approximate surface area is 156 Å². The average molecular weight is 364 g/mol.